The first-order valence-electron chi connectivity index (χ1n) is 9.31. The number of rotatable bonds is 8. The normalized spacial score (nSPS) is 11.2. The smallest absolute Gasteiger partial charge is 0.264 e. The summed E-state index contributed by atoms with van der Waals surface area (Å²) >= 11 is 11.9. The summed E-state index contributed by atoms with van der Waals surface area (Å²) in [6.45, 7) is -0.163. The second-order valence-corrected chi connectivity index (χ2v) is 9.41. The highest BCUT2D eigenvalue weighted by atomic mass is 35.5. The number of nitrogens with one attached hydrogen (secondary N) is 1. The fourth-order valence-corrected chi connectivity index (χ4v) is 4.59. The summed E-state index contributed by atoms with van der Waals surface area (Å²) in [5.74, 6) is -0.822. The lowest BCUT2D eigenvalue weighted by Crippen LogP contribution is -2.41. The molecule has 3 aromatic rings. The maximum Gasteiger partial charge on any atom is 0.264 e. The van der Waals surface area contributed by atoms with Gasteiger partial charge in [0.15, 0.2) is 0 Å². The molecule has 0 aromatic heterocycles. The van der Waals surface area contributed by atoms with Crippen LogP contribution in [0, 0.1) is 5.82 Å². The Morgan fingerprint density at radius 2 is 1.61 bits per heavy atom. The second-order valence-electron chi connectivity index (χ2n) is 6.67. The highest BCUT2D eigenvalue weighted by molar-refractivity contribution is 7.92. The fraction of sp³-hybridized carbons (Fsp3) is 0.136. The van der Waals surface area contributed by atoms with E-state index in [9.17, 15) is 17.6 Å². The molecule has 162 valence electrons. The van der Waals surface area contributed by atoms with E-state index in [1.165, 1.54) is 42.5 Å². The first kappa shape index (κ1) is 23.1. The van der Waals surface area contributed by atoms with E-state index in [-0.39, 0.29) is 22.9 Å². The van der Waals surface area contributed by atoms with Crippen molar-refractivity contribution < 1.29 is 17.6 Å². The van der Waals surface area contributed by atoms with Gasteiger partial charge in [-0.25, -0.2) is 12.8 Å². The van der Waals surface area contributed by atoms with Gasteiger partial charge in [-0.2, -0.15) is 0 Å². The number of halogens is 3. The van der Waals surface area contributed by atoms with Crippen LogP contribution in [0.2, 0.25) is 10.0 Å². The van der Waals surface area contributed by atoms with Crippen LogP contribution in [-0.2, 0) is 21.2 Å². The van der Waals surface area contributed by atoms with Crippen LogP contribution in [-0.4, -0.2) is 27.4 Å². The van der Waals surface area contributed by atoms with Crippen molar-refractivity contribution in [2.24, 2.45) is 0 Å². The van der Waals surface area contributed by atoms with Crippen molar-refractivity contribution >= 4 is 44.8 Å². The minimum Gasteiger partial charge on any atom is -0.354 e. The van der Waals surface area contributed by atoms with Gasteiger partial charge in [-0.05, 0) is 66.6 Å². The monoisotopic (exact) mass is 480 g/mol. The summed E-state index contributed by atoms with van der Waals surface area (Å²) in [5, 5.41) is 3.43. The molecule has 0 atom stereocenters. The summed E-state index contributed by atoms with van der Waals surface area (Å²) in [6.07, 6.45) is 0.479. The maximum atomic E-state index is 13.2. The van der Waals surface area contributed by atoms with E-state index in [0.29, 0.717) is 16.5 Å². The van der Waals surface area contributed by atoms with Gasteiger partial charge in [0.05, 0.1) is 10.6 Å². The van der Waals surface area contributed by atoms with E-state index in [4.69, 9.17) is 23.2 Å². The third kappa shape index (κ3) is 6.19. The number of nitrogens with zero attached hydrogens (tertiary/aromatic N) is 1. The lowest BCUT2D eigenvalue weighted by Gasteiger charge is -2.24. The van der Waals surface area contributed by atoms with Crippen molar-refractivity contribution in [1.82, 2.24) is 5.32 Å². The maximum absolute atomic E-state index is 13.2. The van der Waals surface area contributed by atoms with Gasteiger partial charge < -0.3 is 5.32 Å². The number of benzene rings is 3. The van der Waals surface area contributed by atoms with Crippen LogP contribution >= 0.6 is 23.2 Å². The first-order chi connectivity index (χ1) is 14.8. The Morgan fingerprint density at radius 3 is 2.26 bits per heavy atom. The van der Waals surface area contributed by atoms with Crippen molar-refractivity contribution in [1.29, 1.82) is 0 Å². The van der Waals surface area contributed by atoms with Gasteiger partial charge >= 0.3 is 0 Å². The topological polar surface area (TPSA) is 66.5 Å². The number of carbonyl (C=O) groups is 1. The molecule has 3 rings (SSSR count). The molecule has 0 aliphatic carbocycles. The Labute approximate surface area is 190 Å². The highest BCUT2D eigenvalue weighted by Gasteiger charge is 2.27. The number of amides is 1. The van der Waals surface area contributed by atoms with Gasteiger partial charge in [0.2, 0.25) is 5.91 Å². The van der Waals surface area contributed by atoms with Crippen molar-refractivity contribution in [3.8, 4) is 0 Å². The SMILES string of the molecule is O=C(CN(c1cccc(Cl)c1)S(=O)(=O)c1ccc(Cl)cc1)NCCc1ccc(F)cc1. The van der Waals surface area contributed by atoms with Crippen LogP contribution in [0.4, 0.5) is 10.1 Å². The van der Waals surface area contributed by atoms with E-state index in [1.807, 2.05) is 0 Å². The molecule has 9 heteroatoms. The Balaban J connectivity index is 1.77. The molecule has 0 aliphatic heterocycles. The molecule has 0 saturated carbocycles. The quantitative estimate of drug-likeness (QED) is 0.508. The molecule has 3 aromatic carbocycles. The van der Waals surface area contributed by atoms with Crippen molar-refractivity contribution in [2.75, 3.05) is 17.4 Å². The average Bonchev–Trinajstić information content (AvgIpc) is 2.73. The molecule has 0 bridgehead atoms. The number of hydrogen-bond donors (Lipinski definition) is 1. The standard InChI is InChI=1S/C22H19Cl2FN2O3S/c23-17-6-10-21(11-7-17)31(29,30)27(20-3-1-2-18(24)14-20)15-22(28)26-13-12-16-4-8-19(25)9-5-16/h1-11,14H,12-13,15H2,(H,26,28). The predicted octanol–water partition coefficient (Wildman–Crippen LogP) is 4.69. The van der Waals surface area contributed by atoms with E-state index in [2.05, 4.69) is 5.32 Å². The Hall–Kier alpha value is -2.61. The highest BCUT2D eigenvalue weighted by Crippen LogP contribution is 2.26. The molecule has 0 fully saturated rings. The predicted molar refractivity (Wildman–Crippen MR) is 121 cm³/mol. The molecule has 0 heterocycles. The number of hydrogen-bond acceptors (Lipinski definition) is 3. The van der Waals surface area contributed by atoms with Gasteiger partial charge in [-0.3, -0.25) is 9.10 Å². The molecular formula is C22H19Cl2FN2O3S. The van der Waals surface area contributed by atoms with Crippen LogP contribution < -0.4 is 9.62 Å². The van der Waals surface area contributed by atoms with Gasteiger partial charge in [0, 0.05) is 16.6 Å². The first-order valence-corrected chi connectivity index (χ1v) is 11.5. The summed E-state index contributed by atoms with van der Waals surface area (Å²) < 4.78 is 40.5. The van der Waals surface area contributed by atoms with Crippen LogP contribution in [0.15, 0.2) is 77.7 Å². The molecule has 0 unspecified atom stereocenters. The summed E-state index contributed by atoms with van der Waals surface area (Å²) in [6, 6.07) is 17.9. The van der Waals surface area contributed by atoms with E-state index in [1.54, 1.807) is 30.3 Å². The molecule has 31 heavy (non-hydrogen) atoms. The fourth-order valence-electron chi connectivity index (χ4n) is 2.86. The molecular weight excluding hydrogens is 462 g/mol. The van der Waals surface area contributed by atoms with Crippen molar-refractivity contribution in [2.45, 2.75) is 11.3 Å². The summed E-state index contributed by atoms with van der Waals surface area (Å²) in [7, 11) is -4.05. The molecule has 1 N–H and O–H groups in total. The zero-order chi connectivity index (χ0) is 22.4. The zero-order valence-electron chi connectivity index (χ0n) is 16.3. The summed E-state index contributed by atoms with van der Waals surface area (Å²) in [5.41, 5.74) is 1.11. The lowest BCUT2D eigenvalue weighted by atomic mass is 10.1. The number of carbonyl (C=O) groups excluding carboxylic acids is 1. The van der Waals surface area contributed by atoms with Crippen molar-refractivity contribution in [3.63, 3.8) is 0 Å². The lowest BCUT2D eigenvalue weighted by molar-refractivity contribution is -0.119. The Kier molecular flexibility index (Phi) is 7.54. The van der Waals surface area contributed by atoms with Gasteiger partial charge in [-0.1, -0.05) is 41.4 Å². The van der Waals surface area contributed by atoms with E-state index in [0.717, 1.165) is 9.87 Å². The summed E-state index contributed by atoms with van der Waals surface area (Å²) in [4.78, 5) is 12.6. The van der Waals surface area contributed by atoms with E-state index < -0.39 is 22.5 Å². The number of anilines is 1. The Bertz CT molecular complexity index is 1150. The zero-order valence-corrected chi connectivity index (χ0v) is 18.6. The van der Waals surface area contributed by atoms with Gasteiger partial charge in [-0.15, -0.1) is 0 Å². The molecule has 5 nitrogen and oxygen atoms in total. The minimum atomic E-state index is -4.05. The van der Waals surface area contributed by atoms with Gasteiger partial charge in [0.1, 0.15) is 12.4 Å². The molecule has 0 radical (unpaired) electrons. The van der Waals surface area contributed by atoms with Crippen LogP contribution in [0.5, 0.6) is 0 Å². The van der Waals surface area contributed by atoms with Crippen LogP contribution in [0.1, 0.15) is 5.56 Å². The van der Waals surface area contributed by atoms with Crippen LogP contribution in [0.25, 0.3) is 0 Å². The van der Waals surface area contributed by atoms with Crippen molar-refractivity contribution in [3.05, 3.63) is 94.2 Å². The Morgan fingerprint density at radius 1 is 0.935 bits per heavy atom. The molecule has 1 amide bonds. The molecule has 0 aliphatic rings. The second kappa shape index (κ2) is 10.1. The largest absolute Gasteiger partial charge is 0.354 e. The van der Waals surface area contributed by atoms with Gasteiger partial charge in [0.25, 0.3) is 10.0 Å². The third-order valence-electron chi connectivity index (χ3n) is 4.43. The van der Waals surface area contributed by atoms with Crippen LogP contribution in [0.3, 0.4) is 0 Å². The minimum absolute atomic E-state index is 0.00372. The number of sulfonamides is 1. The van der Waals surface area contributed by atoms with E-state index >= 15 is 0 Å². The average molecular weight is 481 g/mol. The molecule has 0 spiro atoms. The molecule has 0 saturated heterocycles. The third-order valence-corrected chi connectivity index (χ3v) is 6.71.